The molecule has 0 saturated heterocycles. The maximum Gasteiger partial charge on any atom is 0.0208 e. The fourth-order valence-corrected chi connectivity index (χ4v) is 2.79. The summed E-state index contributed by atoms with van der Waals surface area (Å²) in [7, 11) is 0. The molecule has 0 aliphatic rings. The summed E-state index contributed by atoms with van der Waals surface area (Å²) >= 11 is 2.38. The van der Waals surface area contributed by atoms with Gasteiger partial charge in [0.1, 0.15) is 0 Å². The average molecular weight is 372 g/mol. The van der Waals surface area contributed by atoms with E-state index in [4.69, 9.17) is 0 Å². The lowest BCUT2D eigenvalue weighted by molar-refractivity contribution is 1.55. The fourth-order valence-electron chi connectivity index (χ4n) is 2.09. The van der Waals surface area contributed by atoms with Gasteiger partial charge < -0.3 is 0 Å². The zero-order valence-electron chi connectivity index (χ0n) is 11.5. The van der Waals surface area contributed by atoms with Gasteiger partial charge in [-0.3, -0.25) is 0 Å². The van der Waals surface area contributed by atoms with Crippen LogP contribution in [0.2, 0.25) is 0 Å². The van der Waals surface area contributed by atoms with E-state index < -0.39 is 0 Å². The van der Waals surface area contributed by atoms with Crippen molar-refractivity contribution in [3.8, 4) is 11.1 Å². The molecule has 100 valence electrons. The van der Waals surface area contributed by atoms with Crippen molar-refractivity contribution in [3.63, 3.8) is 0 Å². The van der Waals surface area contributed by atoms with Crippen LogP contribution in [0.5, 0.6) is 0 Å². The molecule has 0 nitrogen and oxygen atoms in total. The smallest absolute Gasteiger partial charge is 0.0208 e. The summed E-state index contributed by atoms with van der Waals surface area (Å²) in [5.41, 5.74) is 4.91. The Hall–Kier alpha value is -1.61. The van der Waals surface area contributed by atoms with Crippen molar-refractivity contribution in [2.75, 3.05) is 0 Å². The van der Waals surface area contributed by atoms with Crippen molar-refractivity contribution in [3.05, 3.63) is 88.5 Å². The predicted octanol–water partition coefficient (Wildman–Crippen LogP) is 6.10. The molecular formula is C19H17I. The van der Waals surface area contributed by atoms with Gasteiger partial charge in [-0.05, 0) is 57.8 Å². The molecular weight excluding hydrogens is 355 g/mol. The minimum absolute atomic E-state index is 1.18. The molecule has 0 radical (unpaired) electrons. The van der Waals surface area contributed by atoms with Crippen LogP contribution in [0.3, 0.4) is 0 Å². The summed E-state index contributed by atoms with van der Waals surface area (Å²) in [6, 6.07) is 17.1. The van der Waals surface area contributed by atoms with Crippen molar-refractivity contribution in [2.45, 2.75) is 6.92 Å². The molecule has 0 N–H and O–H groups in total. The second kappa shape index (κ2) is 7.25. The molecule has 0 saturated carbocycles. The molecule has 0 amide bonds. The highest BCUT2D eigenvalue weighted by molar-refractivity contribution is 14.1. The van der Waals surface area contributed by atoms with Crippen LogP contribution < -0.4 is 0 Å². The van der Waals surface area contributed by atoms with Crippen molar-refractivity contribution in [2.24, 2.45) is 0 Å². The Morgan fingerprint density at radius 1 is 1.05 bits per heavy atom. The highest BCUT2D eigenvalue weighted by atomic mass is 127. The van der Waals surface area contributed by atoms with E-state index in [0.29, 0.717) is 0 Å². The zero-order chi connectivity index (χ0) is 14.4. The van der Waals surface area contributed by atoms with Crippen LogP contribution in [0, 0.1) is 3.57 Å². The topological polar surface area (TPSA) is 0 Å². The van der Waals surface area contributed by atoms with Gasteiger partial charge in [0, 0.05) is 3.57 Å². The molecule has 0 fully saturated rings. The zero-order valence-corrected chi connectivity index (χ0v) is 13.7. The van der Waals surface area contributed by atoms with Gasteiger partial charge in [0.2, 0.25) is 0 Å². The van der Waals surface area contributed by atoms with E-state index in [0.717, 1.165) is 0 Å². The van der Waals surface area contributed by atoms with Gasteiger partial charge in [-0.1, -0.05) is 73.3 Å². The van der Waals surface area contributed by atoms with Crippen LogP contribution in [0.4, 0.5) is 0 Å². The van der Waals surface area contributed by atoms with Crippen molar-refractivity contribution in [1.29, 1.82) is 0 Å². The number of hydrogen-bond donors (Lipinski definition) is 0. The molecule has 0 bridgehead atoms. The van der Waals surface area contributed by atoms with Crippen molar-refractivity contribution in [1.82, 2.24) is 0 Å². The minimum Gasteiger partial charge on any atom is -0.0990 e. The summed E-state index contributed by atoms with van der Waals surface area (Å²) in [6.07, 6.45) is 8.00. The fraction of sp³-hybridized carbons (Fsp3) is 0.0526. The van der Waals surface area contributed by atoms with Crippen LogP contribution in [0.1, 0.15) is 12.5 Å². The third-order valence-electron chi connectivity index (χ3n) is 3.05. The van der Waals surface area contributed by atoms with Crippen LogP contribution in [0.25, 0.3) is 16.7 Å². The van der Waals surface area contributed by atoms with Crippen LogP contribution >= 0.6 is 22.6 Å². The largest absolute Gasteiger partial charge is 0.0990 e. The lowest BCUT2D eigenvalue weighted by Crippen LogP contribution is -1.85. The van der Waals surface area contributed by atoms with Gasteiger partial charge in [0.05, 0.1) is 0 Å². The highest BCUT2D eigenvalue weighted by Crippen LogP contribution is 2.26. The SMILES string of the molecule is C=C/C=C(\C=C/C)c1ccc(-c2ccccc2I)cc1. The van der Waals surface area contributed by atoms with Gasteiger partial charge in [-0.2, -0.15) is 0 Å². The second-order valence-corrected chi connectivity index (χ2v) is 5.58. The first kappa shape index (κ1) is 14.8. The Morgan fingerprint density at radius 2 is 1.75 bits per heavy atom. The number of rotatable bonds is 4. The molecule has 20 heavy (non-hydrogen) atoms. The Kier molecular flexibility index (Phi) is 5.36. The molecule has 2 aromatic carbocycles. The van der Waals surface area contributed by atoms with Crippen LogP contribution in [-0.4, -0.2) is 0 Å². The normalized spacial score (nSPS) is 11.8. The molecule has 0 unspecified atom stereocenters. The number of allylic oxidation sites excluding steroid dienone is 5. The van der Waals surface area contributed by atoms with Gasteiger partial charge >= 0.3 is 0 Å². The molecule has 0 heterocycles. The van der Waals surface area contributed by atoms with E-state index in [1.54, 1.807) is 0 Å². The van der Waals surface area contributed by atoms with E-state index in [-0.39, 0.29) is 0 Å². The third-order valence-corrected chi connectivity index (χ3v) is 3.99. The van der Waals surface area contributed by atoms with Gasteiger partial charge in [0.15, 0.2) is 0 Å². The Bertz CT molecular complexity index is 646. The summed E-state index contributed by atoms with van der Waals surface area (Å²) in [5, 5.41) is 0. The van der Waals surface area contributed by atoms with Gasteiger partial charge in [-0.25, -0.2) is 0 Å². The van der Waals surface area contributed by atoms with E-state index >= 15 is 0 Å². The van der Waals surface area contributed by atoms with Crippen LogP contribution in [0.15, 0.2) is 79.4 Å². The van der Waals surface area contributed by atoms with Crippen molar-refractivity contribution < 1.29 is 0 Å². The van der Waals surface area contributed by atoms with Crippen LogP contribution in [-0.2, 0) is 0 Å². The molecule has 0 spiro atoms. The van der Waals surface area contributed by atoms with Crippen molar-refractivity contribution >= 4 is 28.2 Å². The molecule has 2 rings (SSSR count). The van der Waals surface area contributed by atoms with E-state index in [1.807, 2.05) is 25.2 Å². The maximum atomic E-state index is 3.77. The lowest BCUT2D eigenvalue weighted by atomic mass is 10.00. The highest BCUT2D eigenvalue weighted by Gasteiger charge is 2.03. The molecule has 1 heteroatoms. The standard InChI is InChI=1S/C19H17I/c1-3-7-15(8-4-2)16-11-13-17(14-12-16)18-9-5-6-10-19(18)20/h3-14H,1H2,2H3/b8-4-,15-7+. The van der Waals surface area contributed by atoms with E-state index in [2.05, 4.69) is 83.8 Å². The summed E-state index contributed by atoms with van der Waals surface area (Å²) in [5.74, 6) is 0. The molecule has 0 aromatic heterocycles. The first-order chi connectivity index (χ1) is 9.76. The number of benzene rings is 2. The third kappa shape index (κ3) is 3.48. The van der Waals surface area contributed by atoms with Gasteiger partial charge in [-0.15, -0.1) is 0 Å². The Morgan fingerprint density at radius 3 is 2.35 bits per heavy atom. The minimum atomic E-state index is 1.18. The second-order valence-electron chi connectivity index (χ2n) is 4.41. The molecule has 0 aliphatic heterocycles. The molecule has 0 atom stereocenters. The number of hydrogen-bond acceptors (Lipinski definition) is 0. The first-order valence-corrected chi connectivity index (χ1v) is 7.65. The summed E-state index contributed by atoms with van der Waals surface area (Å²) in [4.78, 5) is 0. The lowest BCUT2D eigenvalue weighted by Gasteiger charge is -2.07. The summed E-state index contributed by atoms with van der Waals surface area (Å²) < 4.78 is 1.27. The average Bonchev–Trinajstić information content (AvgIpc) is 2.48. The molecule has 2 aromatic rings. The Balaban J connectivity index is 2.38. The monoisotopic (exact) mass is 372 g/mol. The molecule has 0 aliphatic carbocycles. The van der Waals surface area contributed by atoms with E-state index in [1.165, 1.54) is 25.8 Å². The Labute approximate surface area is 134 Å². The maximum absolute atomic E-state index is 3.77. The predicted molar refractivity (Wildman–Crippen MR) is 97.6 cm³/mol. The summed E-state index contributed by atoms with van der Waals surface area (Å²) in [6.45, 7) is 5.80. The van der Waals surface area contributed by atoms with E-state index in [9.17, 15) is 0 Å². The van der Waals surface area contributed by atoms with Gasteiger partial charge in [0.25, 0.3) is 0 Å². The number of halogens is 1. The first-order valence-electron chi connectivity index (χ1n) is 6.57. The quantitative estimate of drug-likeness (QED) is 0.449.